The molecule has 1 N–H and O–H groups in total. The van der Waals surface area contributed by atoms with Gasteiger partial charge >= 0.3 is 0 Å². The van der Waals surface area contributed by atoms with E-state index < -0.39 is 0 Å². The molecule has 0 saturated carbocycles. The highest BCUT2D eigenvalue weighted by molar-refractivity contribution is 5.79. The van der Waals surface area contributed by atoms with Crippen LogP contribution in [0.1, 0.15) is 30.5 Å². The van der Waals surface area contributed by atoms with Crippen molar-refractivity contribution in [2.24, 2.45) is 0 Å². The van der Waals surface area contributed by atoms with Crippen LogP contribution in [0.3, 0.4) is 0 Å². The Morgan fingerprint density at radius 2 is 2.13 bits per heavy atom. The van der Waals surface area contributed by atoms with Crippen molar-refractivity contribution in [2.75, 3.05) is 5.32 Å². The van der Waals surface area contributed by atoms with Gasteiger partial charge in [0.25, 0.3) is 0 Å². The molecule has 23 heavy (non-hydrogen) atoms. The van der Waals surface area contributed by atoms with Gasteiger partial charge in [0.2, 0.25) is 0 Å². The lowest BCUT2D eigenvalue weighted by atomic mass is 9.94. The van der Waals surface area contributed by atoms with E-state index in [1.807, 2.05) is 0 Å². The molecule has 2 heterocycles. The van der Waals surface area contributed by atoms with Gasteiger partial charge in [-0.05, 0) is 55.9 Å². The SMILES string of the molecule is Fc1ccc2c(CCCC3CCc4ccccc4N3)noc2c1. The predicted octanol–water partition coefficient (Wildman–Crippen LogP) is 4.72. The standard InChI is InChI=1S/C19H19FN2O/c20-14-9-11-16-18(22-23-19(16)12-14)7-3-5-15-10-8-13-4-1-2-6-17(13)21-15/h1-2,4,6,9,11-12,15,21H,3,5,7-8,10H2. The number of hydrogen-bond acceptors (Lipinski definition) is 3. The molecule has 0 spiro atoms. The average molecular weight is 310 g/mol. The Hall–Kier alpha value is -2.36. The number of anilines is 1. The number of fused-ring (bicyclic) bond motifs is 2. The topological polar surface area (TPSA) is 38.1 Å². The third kappa shape index (κ3) is 2.93. The largest absolute Gasteiger partial charge is 0.382 e. The van der Waals surface area contributed by atoms with Gasteiger partial charge in [0.15, 0.2) is 5.58 Å². The first-order valence-electron chi connectivity index (χ1n) is 8.18. The lowest BCUT2D eigenvalue weighted by molar-refractivity contribution is 0.441. The monoisotopic (exact) mass is 310 g/mol. The van der Waals surface area contributed by atoms with Gasteiger partial charge < -0.3 is 9.84 Å². The summed E-state index contributed by atoms with van der Waals surface area (Å²) in [5.41, 5.74) is 4.14. The summed E-state index contributed by atoms with van der Waals surface area (Å²) in [7, 11) is 0. The van der Waals surface area contributed by atoms with Crippen molar-refractivity contribution < 1.29 is 8.91 Å². The van der Waals surface area contributed by atoms with E-state index in [1.165, 1.54) is 29.8 Å². The molecule has 0 saturated heterocycles. The summed E-state index contributed by atoms with van der Waals surface area (Å²) in [5.74, 6) is -0.287. The molecule has 1 aliphatic heterocycles. The normalized spacial score (nSPS) is 17.0. The second kappa shape index (κ2) is 6.03. The minimum Gasteiger partial charge on any atom is -0.382 e. The molecule has 1 aliphatic rings. The number of rotatable bonds is 4. The highest BCUT2D eigenvalue weighted by Crippen LogP contribution is 2.27. The van der Waals surface area contributed by atoms with E-state index in [4.69, 9.17) is 4.52 Å². The zero-order chi connectivity index (χ0) is 15.6. The number of nitrogens with zero attached hydrogens (tertiary/aromatic N) is 1. The highest BCUT2D eigenvalue weighted by atomic mass is 19.1. The van der Waals surface area contributed by atoms with Crippen LogP contribution in [0.2, 0.25) is 0 Å². The van der Waals surface area contributed by atoms with Gasteiger partial charge in [-0.25, -0.2) is 4.39 Å². The van der Waals surface area contributed by atoms with Crippen LogP contribution in [0.4, 0.5) is 10.1 Å². The molecule has 0 amide bonds. The second-order valence-electron chi connectivity index (χ2n) is 6.20. The van der Waals surface area contributed by atoms with Gasteiger partial charge in [0.1, 0.15) is 5.82 Å². The maximum atomic E-state index is 13.2. The van der Waals surface area contributed by atoms with Crippen LogP contribution in [-0.2, 0) is 12.8 Å². The van der Waals surface area contributed by atoms with E-state index in [0.29, 0.717) is 11.6 Å². The van der Waals surface area contributed by atoms with Gasteiger partial charge in [-0.15, -0.1) is 0 Å². The summed E-state index contributed by atoms with van der Waals surface area (Å²) in [6.07, 6.45) is 5.31. The summed E-state index contributed by atoms with van der Waals surface area (Å²) in [5, 5.41) is 8.65. The highest BCUT2D eigenvalue weighted by Gasteiger charge is 2.17. The first-order chi connectivity index (χ1) is 11.3. The molecule has 1 aromatic heterocycles. The minimum atomic E-state index is -0.287. The number of aromatic nitrogens is 1. The van der Waals surface area contributed by atoms with E-state index in [1.54, 1.807) is 6.07 Å². The van der Waals surface area contributed by atoms with Crippen molar-refractivity contribution in [3.05, 3.63) is 59.5 Å². The van der Waals surface area contributed by atoms with Crippen LogP contribution < -0.4 is 5.32 Å². The Kier molecular flexibility index (Phi) is 3.74. The van der Waals surface area contributed by atoms with E-state index in [0.717, 1.165) is 36.8 Å². The quantitative estimate of drug-likeness (QED) is 0.758. The fourth-order valence-electron chi connectivity index (χ4n) is 3.38. The van der Waals surface area contributed by atoms with Gasteiger partial charge in [-0.2, -0.15) is 0 Å². The fraction of sp³-hybridized carbons (Fsp3) is 0.316. The number of benzene rings is 2. The van der Waals surface area contributed by atoms with Crippen molar-refractivity contribution in [3.63, 3.8) is 0 Å². The Morgan fingerprint density at radius 3 is 3.09 bits per heavy atom. The van der Waals surface area contributed by atoms with Gasteiger partial charge in [-0.1, -0.05) is 23.4 Å². The van der Waals surface area contributed by atoms with Crippen LogP contribution in [-0.4, -0.2) is 11.2 Å². The van der Waals surface area contributed by atoms with Crippen molar-refractivity contribution >= 4 is 16.7 Å². The molecule has 0 bridgehead atoms. The summed E-state index contributed by atoms with van der Waals surface area (Å²) in [4.78, 5) is 0. The third-order valence-corrected chi connectivity index (χ3v) is 4.61. The fourth-order valence-corrected chi connectivity index (χ4v) is 3.38. The Labute approximate surface area is 134 Å². The molecule has 0 aliphatic carbocycles. The van der Waals surface area contributed by atoms with Gasteiger partial charge in [0, 0.05) is 23.2 Å². The Morgan fingerprint density at radius 1 is 1.22 bits per heavy atom. The summed E-state index contributed by atoms with van der Waals surface area (Å²) in [6, 6.07) is 13.6. The van der Waals surface area contributed by atoms with E-state index in [-0.39, 0.29) is 5.82 Å². The summed E-state index contributed by atoms with van der Waals surface area (Å²) in [6.45, 7) is 0. The molecule has 4 rings (SSSR count). The van der Waals surface area contributed by atoms with E-state index >= 15 is 0 Å². The summed E-state index contributed by atoms with van der Waals surface area (Å²) >= 11 is 0. The van der Waals surface area contributed by atoms with Crippen LogP contribution in [0.5, 0.6) is 0 Å². The first-order valence-corrected chi connectivity index (χ1v) is 8.18. The molecule has 0 radical (unpaired) electrons. The molecule has 0 fully saturated rings. The van der Waals surface area contributed by atoms with Crippen LogP contribution in [0, 0.1) is 5.82 Å². The smallest absolute Gasteiger partial charge is 0.170 e. The van der Waals surface area contributed by atoms with Crippen molar-refractivity contribution in [1.29, 1.82) is 0 Å². The molecule has 3 nitrogen and oxygen atoms in total. The molecule has 118 valence electrons. The van der Waals surface area contributed by atoms with Gasteiger partial charge in [-0.3, -0.25) is 0 Å². The number of nitrogens with one attached hydrogen (secondary N) is 1. The van der Waals surface area contributed by atoms with Crippen LogP contribution in [0.15, 0.2) is 47.0 Å². The minimum absolute atomic E-state index is 0.287. The van der Waals surface area contributed by atoms with Crippen molar-refractivity contribution in [3.8, 4) is 0 Å². The first kappa shape index (κ1) is 14.2. The lowest BCUT2D eigenvalue weighted by Gasteiger charge is -2.27. The Bertz CT molecular complexity index is 827. The molecule has 1 unspecified atom stereocenters. The third-order valence-electron chi connectivity index (χ3n) is 4.61. The molecule has 1 atom stereocenters. The lowest BCUT2D eigenvalue weighted by Crippen LogP contribution is -2.25. The number of hydrogen-bond donors (Lipinski definition) is 1. The van der Waals surface area contributed by atoms with E-state index in [9.17, 15) is 4.39 Å². The van der Waals surface area contributed by atoms with Crippen LogP contribution >= 0.6 is 0 Å². The molecule has 3 aromatic rings. The average Bonchev–Trinajstić information content (AvgIpc) is 2.97. The number of halogens is 1. The molecular weight excluding hydrogens is 291 g/mol. The number of para-hydroxylation sites is 1. The zero-order valence-electron chi connectivity index (χ0n) is 12.9. The summed E-state index contributed by atoms with van der Waals surface area (Å²) < 4.78 is 18.4. The Balaban J connectivity index is 1.37. The van der Waals surface area contributed by atoms with E-state index in [2.05, 4.69) is 34.7 Å². The van der Waals surface area contributed by atoms with Crippen LogP contribution in [0.25, 0.3) is 11.0 Å². The van der Waals surface area contributed by atoms with Gasteiger partial charge in [0.05, 0.1) is 5.69 Å². The second-order valence-corrected chi connectivity index (χ2v) is 6.20. The maximum absolute atomic E-state index is 13.2. The molecule has 4 heteroatoms. The predicted molar refractivity (Wildman–Crippen MR) is 89.1 cm³/mol. The molecular formula is C19H19FN2O. The van der Waals surface area contributed by atoms with Crippen molar-refractivity contribution in [2.45, 2.75) is 38.1 Å². The number of aryl methyl sites for hydroxylation is 2. The van der Waals surface area contributed by atoms with Crippen molar-refractivity contribution in [1.82, 2.24) is 5.16 Å². The zero-order valence-corrected chi connectivity index (χ0v) is 12.9. The molecule has 2 aromatic carbocycles. The maximum Gasteiger partial charge on any atom is 0.170 e.